The fraction of sp³-hybridized carbons (Fsp3) is 0.625. The highest BCUT2D eigenvalue weighted by Gasteiger charge is 2.13. The van der Waals surface area contributed by atoms with Gasteiger partial charge in [-0.2, -0.15) is 11.8 Å². The van der Waals surface area contributed by atoms with Crippen molar-refractivity contribution in [1.29, 1.82) is 0 Å². The van der Waals surface area contributed by atoms with Crippen molar-refractivity contribution >= 4 is 17.7 Å². The monoisotopic (exact) mass is 189 g/mol. The fourth-order valence-corrected chi connectivity index (χ4v) is 1.29. The van der Waals surface area contributed by atoms with Gasteiger partial charge in [-0.05, 0) is 6.92 Å². The van der Waals surface area contributed by atoms with Crippen LogP contribution in [0.1, 0.15) is 6.92 Å². The topological polar surface area (TPSA) is 52.3 Å². The second-order valence-corrected chi connectivity index (χ2v) is 3.26. The molecule has 0 radical (unpaired) electrons. The van der Waals surface area contributed by atoms with Crippen LogP contribution in [0.3, 0.4) is 0 Å². The van der Waals surface area contributed by atoms with Gasteiger partial charge in [0.05, 0.1) is 6.61 Å². The number of carbonyl (C=O) groups excluding carboxylic acids is 1. The van der Waals surface area contributed by atoms with Crippen molar-refractivity contribution in [2.75, 3.05) is 18.1 Å². The van der Waals surface area contributed by atoms with E-state index in [2.05, 4.69) is 6.58 Å². The minimum atomic E-state index is -0.505. The highest BCUT2D eigenvalue weighted by atomic mass is 32.2. The van der Waals surface area contributed by atoms with Gasteiger partial charge in [0.1, 0.15) is 6.04 Å². The van der Waals surface area contributed by atoms with E-state index in [1.807, 2.05) is 0 Å². The Morgan fingerprint density at radius 1 is 1.83 bits per heavy atom. The molecule has 70 valence electrons. The van der Waals surface area contributed by atoms with Gasteiger partial charge >= 0.3 is 5.97 Å². The first-order valence-corrected chi connectivity index (χ1v) is 4.98. The number of ether oxygens (including phenoxy) is 1. The SMILES string of the molecule is C=CCSC[C@H](N)C(=O)OCC. The molecule has 0 aromatic carbocycles. The number of hydrogen-bond acceptors (Lipinski definition) is 4. The van der Waals surface area contributed by atoms with E-state index in [0.717, 1.165) is 5.75 Å². The summed E-state index contributed by atoms with van der Waals surface area (Å²) in [6.45, 7) is 5.71. The Morgan fingerprint density at radius 3 is 3.00 bits per heavy atom. The zero-order valence-corrected chi connectivity index (χ0v) is 8.10. The first-order chi connectivity index (χ1) is 5.72. The molecular formula is C8H15NO2S. The average Bonchev–Trinajstić information content (AvgIpc) is 2.05. The summed E-state index contributed by atoms with van der Waals surface area (Å²) in [6.07, 6.45) is 1.78. The van der Waals surface area contributed by atoms with Crippen LogP contribution < -0.4 is 5.73 Å². The summed E-state index contributed by atoms with van der Waals surface area (Å²) in [4.78, 5) is 11.0. The van der Waals surface area contributed by atoms with Crippen LogP contribution in [0.5, 0.6) is 0 Å². The number of esters is 1. The van der Waals surface area contributed by atoms with Gasteiger partial charge < -0.3 is 10.5 Å². The molecule has 0 aliphatic carbocycles. The summed E-state index contributed by atoms with van der Waals surface area (Å²) in [5.74, 6) is 1.08. The number of rotatable bonds is 6. The Balaban J connectivity index is 3.49. The molecule has 3 nitrogen and oxygen atoms in total. The molecule has 0 aliphatic heterocycles. The van der Waals surface area contributed by atoms with Crippen molar-refractivity contribution in [3.63, 3.8) is 0 Å². The summed E-state index contributed by atoms with van der Waals surface area (Å²) in [7, 11) is 0. The Labute approximate surface area is 77.3 Å². The van der Waals surface area contributed by atoms with Crippen LogP contribution >= 0.6 is 11.8 Å². The maximum atomic E-state index is 11.0. The predicted octanol–water partition coefficient (Wildman–Crippen LogP) is 0.796. The Morgan fingerprint density at radius 2 is 2.50 bits per heavy atom. The van der Waals surface area contributed by atoms with Gasteiger partial charge in [0, 0.05) is 11.5 Å². The molecule has 0 amide bonds. The van der Waals surface area contributed by atoms with E-state index in [1.54, 1.807) is 24.8 Å². The number of thioether (sulfide) groups is 1. The molecule has 0 bridgehead atoms. The molecule has 0 saturated carbocycles. The van der Waals surface area contributed by atoms with E-state index >= 15 is 0 Å². The van der Waals surface area contributed by atoms with Crippen molar-refractivity contribution < 1.29 is 9.53 Å². The van der Waals surface area contributed by atoms with E-state index in [-0.39, 0.29) is 5.97 Å². The van der Waals surface area contributed by atoms with E-state index in [0.29, 0.717) is 12.4 Å². The van der Waals surface area contributed by atoms with Crippen molar-refractivity contribution in [1.82, 2.24) is 0 Å². The van der Waals surface area contributed by atoms with E-state index in [1.165, 1.54) is 0 Å². The Kier molecular flexibility index (Phi) is 6.90. The maximum absolute atomic E-state index is 11.0. The van der Waals surface area contributed by atoms with Gasteiger partial charge in [-0.15, -0.1) is 6.58 Å². The molecule has 0 heterocycles. The molecule has 4 heteroatoms. The molecule has 0 aromatic rings. The molecule has 0 saturated heterocycles. The van der Waals surface area contributed by atoms with Crippen molar-refractivity contribution in [3.8, 4) is 0 Å². The lowest BCUT2D eigenvalue weighted by molar-refractivity contribution is -0.144. The van der Waals surface area contributed by atoms with E-state index < -0.39 is 6.04 Å². The largest absolute Gasteiger partial charge is 0.465 e. The number of hydrogen-bond donors (Lipinski definition) is 1. The molecule has 0 spiro atoms. The average molecular weight is 189 g/mol. The Hall–Kier alpha value is -0.480. The second-order valence-electron chi connectivity index (χ2n) is 2.18. The first-order valence-electron chi connectivity index (χ1n) is 3.83. The standard InChI is InChI=1S/C8H15NO2S/c1-3-5-12-6-7(9)8(10)11-4-2/h3,7H,1,4-6,9H2,2H3/t7-/m0/s1. The number of nitrogens with two attached hydrogens (primary N) is 1. The van der Waals surface area contributed by atoms with E-state index in [4.69, 9.17) is 10.5 Å². The quantitative estimate of drug-likeness (QED) is 0.381. The molecule has 0 rings (SSSR count). The summed E-state index contributed by atoms with van der Waals surface area (Å²) >= 11 is 1.57. The summed E-state index contributed by atoms with van der Waals surface area (Å²) in [5, 5.41) is 0. The fourth-order valence-electron chi connectivity index (χ4n) is 0.596. The zero-order valence-electron chi connectivity index (χ0n) is 7.29. The van der Waals surface area contributed by atoms with Gasteiger partial charge in [0.2, 0.25) is 0 Å². The minimum absolute atomic E-state index is 0.325. The second kappa shape index (κ2) is 7.18. The lowest BCUT2D eigenvalue weighted by Crippen LogP contribution is -2.34. The molecule has 0 fully saturated rings. The third-order valence-corrected chi connectivity index (χ3v) is 2.19. The molecule has 1 atom stereocenters. The van der Waals surface area contributed by atoms with Crippen LogP contribution in [0.4, 0.5) is 0 Å². The smallest absolute Gasteiger partial charge is 0.323 e. The molecule has 0 aromatic heterocycles. The van der Waals surface area contributed by atoms with Gasteiger partial charge in [0.15, 0.2) is 0 Å². The van der Waals surface area contributed by atoms with Gasteiger partial charge in [-0.25, -0.2) is 0 Å². The van der Waals surface area contributed by atoms with Crippen molar-refractivity contribution in [2.45, 2.75) is 13.0 Å². The van der Waals surface area contributed by atoms with Crippen LogP contribution in [-0.2, 0) is 9.53 Å². The zero-order chi connectivity index (χ0) is 9.40. The molecular weight excluding hydrogens is 174 g/mol. The van der Waals surface area contributed by atoms with Gasteiger partial charge in [0.25, 0.3) is 0 Å². The highest BCUT2D eigenvalue weighted by molar-refractivity contribution is 7.99. The van der Waals surface area contributed by atoms with Crippen LogP contribution in [0.2, 0.25) is 0 Å². The van der Waals surface area contributed by atoms with Crippen LogP contribution in [0.25, 0.3) is 0 Å². The summed E-state index contributed by atoms with van der Waals surface area (Å²) < 4.78 is 4.73. The van der Waals surface area contributed by atoms with Crippen molar-refractivity contribution in [3.05, 3.63) is 12.7 Å². The molecule has 0 unspecified atom stereocenters. The number of carbonyl (C=O) groups is 1. The lowest BCUT2D eigenvalue weighted by Gasteiger charge is -2.08. The third-order valence-electron chi connectivity index (χ3n) is 1.12. The maximum Gasteiger partial charge on any atom is 0.323 e. The third kappa shape index (κ3) is 5.21. The van der Waals surface area contributed by atoms with Crippen LogP contribution in [0, 0.1) is 0 Å². The molecule has 2 N–H and O–H groups in total. The summed E-state index contributed by atoms with van der Waals surface area (Å²) in [6, 6.07) is -0.505. The lowest BCUT2D eigenvalue weighted by atomic mass is 10.4. The minimum Gasteiger partial charge on any atom is -0.465 e. The van der Waals surface area contributed by atoms with Gasteiger partial charge in [-0.1, -0.05) is 6.08 Å². The normalized spacial score (nSPS) is 12.2. The van der Waals surface area contributed by atoms with Crippen LogP contribution in [0.15, 0.2) is 12.7 Å². The van der Waals surface area contributed by atoms with Gasteiger partial charge in [-0.3, -0.25) is 4.79 Å². The first kappa shape index (κ1) is 11.5. The highest BCUT2D eigenvalue weighted by Crippen LogP contribution is 2.02. The van der Waals surface area contributed by atoms with E-state index in [9.17, 15) is 4.79 Å². The molecule has 0 aliphatic rings. The molecule has 12 heavy (non-hydrogen) atoms. The summed E-state index contributed by atoms with van der Waals surface area (Å²) in [5.41, 5.74) is 5.51. The van der Waals surface area contributed by atoms with Crippen molar-refractivity contribution in [2.24, 2.45) is 5.73 Å². The van der Waals surface area contributed by atoms with Crippen LogP contribution in [-0.4, -0.2) is 30.1 Å². The predicted molar refractivity (Wildman–Crippen MR) is 52.1 cm³/mol. The Bertz CT molecular complexity index is 150.